The standard InChI is InChI=1S/C14H22N6/c15-13-17-12(18-14(19-13)20-16)6-11-9-2-7-1-8(4-9)5-10(11)3-7/h7-11H,1-6,16H2,(H3,15,17,18,19,20). The van der Waals surface area contributed by atoms with Crippen LogP contribution in [0.2, 0.25) is 0 Å². The topological polar surface area (TPSA) is 103 Å². The summed E-state index contributed by atoms with van der Waals surface area (Å²) in [5.41, 5.74) is 8.19. The van der Waals surface area contributed by atoms with Crippen molar-refractivity contribution in [2.75, 3.05) is 11.2 Å². The van der Waals surface area contributed by atoms with Crippen LogP contribution in [-0.4, -0.2) is 15.0 Å². The van der Waals surface area contributed by atoms with Crippen LogP contribution in [-0.2, 0) is 6.42 Å². The Morgan fingerprint density at radius 1 is 0.950 bits per heavy atom. The van der Waals surface area contributed by atoms with Gasteiger partial charge in [-0.05, 0) is 61.7 Å². The minimum atomic E-state index is 0.256. The lowest BCUT2D eigenvalue weighted by Gasteiger charge is -2.54. The first-order chi connectivity index (χ1) is 9.71. The summed E-state index contributed by atoms with van der Waals surface area (Å²) < 4.78 is 0. The van der Waals surface area contributed by atoms with Crippen LogP contribution in [0.1, 0.15) is 37.9 Å². The minimum absolute atomic E-state index is 0.256. The molecule has 4 fully saturated rings. The van der Waals surface area contributed by atoms with Crippen molar-refractivity contribution < 1.29 is 0 Å². The van der Waals surface area contributed by atoms with Crippen LogP contribution in [0.3, 0.4) is 0 Å². The summed E-state index contributed by atoms with van der Waals surface area (Å²) in [6, 6.07) is 0. The van der Waals surface area contributed by atoms with Gasteiger partial charge >= 0.3 is 0 Å². The van der Waals surface area contributed by atoms with Crippen molar-refractivity contribution in [3.63, 3.8) is 0 Å². The SMILES string of the molecule is NNc1nc(N)nc(CC2C3CC4CC(C3)CC2C4)n1. The third kappa shape index (κ3) is 2.02. The Bertz CT molecular complexity index is 488. The highest BCUT2D eigenvalue weighted by atomic mass is 15.3. The molecule has 4 saturated carbocycles. The molecule has 108 valence electrons. The van der Waals surface area contributed by atoms with Crippen molar-refractivity contribution in [3.8, 4) is 0 Å². The number of rotatable bonds is 3. The van der Waals surface area contributed by atoms with Gasteiger partial charge in [0.15, 0.2) is 0 Å². The highest BCUT2D eigenvalue weighted by Crippen LogP contribution is 2.57. The maximum Gasteiger partial charge on any atom is 0.242 e. The van der Waals surface area contributed by atoms with E-state index in [4.69, 9.17) is 11.6 Å². The molecule has 0 saturated heterocycles. The van der Waals surface area contributed by atoms with Crippen molar-refractivity contribution in [2.24, 2.45) is 35.4 Å². The second kappa shape index (κ2) is 4.55. The molecule has 0 atom stereocenters. The van der Waals surface area contributed by atoms with E-state index >= 15 is 0 Å². The number of anilines is 2. The first-order valence-electron chi connectivity index (χ1n) is 7.68. The van der Waals surface area contributed by atoms with Gasteiger partial charge in [-0.2, -0.15) is 15.0 Å². The van der Waals surface area contributed by atoms with E-state index in [0.717, 1.165) is 41.8 Å². The Morgan fingerprint density at radius 3 is 2.20 bits per heavy atom. The number of hydrogen-bond acceptors (Lipinski definition) is 6. The average Bonchev–Trinajstić information content (AvgIpc) is 2.41. The van der Waals surface area contributed by atoms with Gasteiger partial charge in [0.05, 0.1) is 0 Å². The highest BCUT2D eigenvalue weighted by molar-refractivity contribution is 5.29. The predicted molar refractivity (Wildman–Crippen MR) is 76.3 cm³/mol. The molecule has 1 aromatic rings. The van der Waals surface area contributed by atoms with Crippen LogP contribution in [0.5, 0.6) is 0 Å². The molecule has 0 radical (unpaired) electrons. The first kappa shape index (κ1) is 12.3. The van der Waals surface area contributed by atoms with E-state index in [1.54, 1.807) is 0 Å². The summed E-state index contributed by atoms with van der Waals surface area (Å²) in [5.74, 6) is 11.3. The molecule has 1 heterocycles. The molecule has 6 heteroatoms. The molecule has 0 aliphatic heterocycles. The van der Waals surface area contributed by atoms with Crippen LogP contribution in [0, 0.1) is 29.6 Å². The zero-order valence-electron chi connectivity index (χ0n) is 11.6. The molecule has 0 amide bonds. The molecule has 6 nitrogen and oxygen atoms in total. The van der Waals surface area contributed by atoms with E-state index < -0.39 is 0 Å². The van der Waals surface area contributed by atoms with E-state index in [1.165, 1.54) is 32.1 Å². The Morgan fingerprint density at radius 2 is 1.60 bits per heavy atom. The van der Waals surface area contributed by atoms with E-state index in [-0.39, 0.29) is 5.95 Å². The summed E-state index contributed by atoms with van der Waals surface area (Å²) in [4.78, 5) is 12.6. The van der Waals surface area contributed by atoms with Crippen LogP contribution >= 0.6 is 0 Å². The molecule has 5 rings (SSSR count). The number of nitrogens with two attached hydrogens (primary N) is 2. The number of aromatic nitrogens is 3. The summed E-state index contributed by atoms with van der Waals surface area (Å²) in [6.07, 6.45) is 8.08. The van der Waals surface area contributed by atoms with Gasteiger partial charge in [-0.1, -0.05) is 0 Å². The lowest BCUT2D eigenvalue weighted by Crippen LogP contribution is -2.46. The molecular weight excluding hydrogens is 252 g/mol. The lowest BCUT2D eigenvalue weighted by atomic mass is 9.51. The summed E-state index contributed by atoms with van der Waals surface area (Å²) in [7, 11) is 0. The van der Waals surface area contributed by atoms with Crippen LogP contribution < -0.4 is 17.0 Å². The molecule has 4 aliphatic carbocycles. The van der Waals surface area contributed by atoms with Crippen molar-refractivity contribution >= 4 is 11.9 Å². The van der Waals surface area contributed by atoms with Crippen LogP contribution in [0.4, 0.5) is 11.9 Å². The normalized spacial score (nSPS) is 38.1. The van der Waals surface area contributed by atoms with E-state index in [0.29, 0.717) is 5.95 Å². The fourth-order valence-electron chi connectivity index (χ4n) is 5.18. The molecule has 20 heavy (non-hydrogen) atoms. The van der Waals surface area contributed by atoms with E-state index in [9.17, 15) is 0 Å². The molecule has 4 aliphatic rings. The monoisotopic (exact) mass is 274 g/mol. The molecule has 5 N–H and O–H groups in total. The molecule has 1 aromatic heterocycles. The lowest BCUT2D eigenvalue weighted by molar-refractivity contribution is -0.0367. The first-order valence-corrected chi connectivity index (χ1v) is 7.68. The fourth-order valence-corrected chi connectivity index (χ4v) is 5.18. The average molecular weight is 274 g/mol. The van der Waals surface area contributed by atoms with Crippen molar-refractivity contribution in [3.05, 3.63) is 5.82 Å². The molecule has 4 bridgehead atoms. The van der Waals surface area contributed by atoms with Crippen LogP contribution in [0.25, 0.3) is 0 Å². The number of nitrogens with zero attached hydrogens (tertiary/aromatic N) is 3. The summed E-state index contributed by atoms with van der Waals surface area (Å²) >= 11 is 0. The van der Waals surface area contributed by atoms with Crippen molar-refractivity contribution in [1.82, 2.24) is 15.0 Å². The van der Waals surface area contributed by atoms with Crippen molar-refractivity contribution in [2.45, 2.75) is 38.5 Å². The molecular formula is C14H22N6. The molecule has 0 aromatic carbocycles. The van der Waals surface area contributed by atoms with Gasteiger partial charge in [0.1, 0.15) is 5.82 Å². The van der Waals surface area contributed by atoms with E-state index in [1.807, 2.05) is 0 Å². The number of nitrogen functional groups attached to an aromatic ring is 2. The van der Waals surface area contributed by atoms with Gasteiger partial charge in [0.25, 0.3) is 0 Å². The molecule has 0 spiro atoms. The summed E-state index contributed by atoms with van der Waals surface area (Å²) in [6.45, 7) is 0. The minimum Gasteiger partial charge on any atom is -0.368 e. The zero-order valence-corrected chi connectivity index (χ0v) is 11.6. The third-order valence-corrected chi connectivity index (χ3v) is 5.67. The number of nitrogens with one attached hydrogen (secondary N) is 1. The van der Waals surface area contributed by atoms with E-state index in [2.05, 4.69) is 20.4 Å². The Balaban J connectivity index is 1.55. The highest BCUT2D eigenvalue weighted by Gasteiger charge is 2.48. The Labute approximate surface area is 118 Å². The summed E-state index contributed by atoms with van der Waals surface area (Å²) in [5, 5.41) is 0. The van der Waals surface area contributed by atoms with Gasteiger partial charge < -0.3 is 5.73 Å². The quantitative estimate of drug-likeness (QED) is 0.568. The van der Waals surface area contributed by atoms with Gasteiger partial charge in [0.2, 0.25) is 11.9 Å². The largest absolute Gasteiger partial charge is 0.368 e. The smallest absolute Gasteiger partial charge is 0.242 e. The second-order valence-corrected chi connectivity index (χ2v) is 6.88. The number of hydrogen-bond donors (Lipinski definition) is 3. The van der Waals surface area contributed by atoms with Gasteiger partial charge in [0, 0.05) is 6.42 Å². The van der Waals surface area contributed by atoms with Gasteiger partial charge in [-0.25, -0.2) is 5.84 Å². The fraction of sp³-hybridized carbons (Fsp3) is 0.786. The van der Waals surface area contributed by atoms with Crippen LogP contribution in [0.15, 0.2) is 0 Å². The maximum absolute atomic E-state index is 5.73. The second-order valence-electron chi connectivity index (χ2n) is 6.88. The number of hydrazine groups is 1. The molecule has 0 unspecified atom stereocenters. The Kier molecular flexibility index (Phi) is 2.80. The Hall–Kier alpha value is -1.43. The zero-order chi connectivity index (χ0) is 13.7. The van der Waals surface area contributed by atoms with Gasteiger partial charge in [-0.3, -0.25) is 5.43 Å². The third-order valence-electron chi connectivity index (χ3n) is 5.67. The predicted octanol–water partition coefficient (Wildman–Crippen LogP) is 1.35. The van der Waals surface area contributed by atoms with Gasteiger partial charge in [-0.15, -0.1) is 0 Å². The van der Waals surface area contributed by atoms with Crippen molar-refractivity contribution in [1.29, 1.82) is 0 Å². The maximum atomic E-state index is 5.73.